The normalized spacial score (nSPS) is 11.0. The Hall–Kier alpha value is -6.09. The largest absolute Gasteiger partial charge is 0.493 e. The zero-order valence-corrected chi connectivity index (χ0v) is 23.5. The summed E-state index contributed by atoms with van der Waals surface area (Å²) >= 11 is 0. The smallest absolute Gasteiger partial charge is 0.335 e. The van der Waals surface area contributed by atoms with E-state index in [4.69, 9.17) is 14.7 Å². The topological polar surface area (TPSA) is 126 Å². The number of methoxy groups -OCH3 is 1. The molecule has 3 aromatic carbocycles. The molecule has 0 saturated carbocycles. The minimum Gasteiger partial charge on any atom is -0.493 e. The van der Waals surface area contributed by atoms with Gasteiger partial charge in [0.1, 0.15) is 35.6 Å². The molecule has 0 aliphatic carbocycles. The van der Waals surface area contributed by atoms with Gasteiger partial charge in [0.2, 0.25) is 5.88 Å². The van der Waals surface area contributed by atoms with Crippen LogP contribution in [0.2, 0.25) is 0 Å². The van der Waals surface area contributed by atoms with Crippen molar-refractivity contribution in [3.05, 3.63) is 125 Å². The van der Waals surface area contributed by atoms with Gasteiger partial charge in [0.15, 0.2) is 5.75 Å². The fraction of sp³-hybridized carbons (Fsp3) is 0.0909. The number of imidazole rings is 1. The van der Waals surface area contributed by atoms with Crippen molar-refractivity contribution >= 4 is 17.0 Å². The van der Waals surface area contributed by atoms with Gasteiger partial charge < -0.3 is 19.6 Å². The molecule has 3 aromatic heterocycles. The van der Waals surface area contributed by atoms with Crippen molar-refractivity contribution in [2.75, 3.05) is 7.11 Å². The average Bonchev–Trinajstić information content (AvgIpc) is 3.65. The Kier molecular flexibility index (Phi) is 7.66. The summed E-state index contributed by atoms with van der Waals surface area (Å²) in [5.74, 6) is -2.38. The number of benzene rings is 3. The standard InChI is InChI=1S/C33H22F3N5O4/c1-44-30-16-38-15-29(30)41-28-11-19(33(42)43)7-8-27(28)39-31(41)12-21-10-25(36)22(13-24(21)35)26-3-2-4-32(40-26)45-17-20-6-5-18(14-37)9-23(20)34/h2-11,13,15-16,38H,12,17H2,1H3,(H,42,43). The molecule has 9 nitrogen and oxygen atoms in total. The van der Waals surface area contributed by atoms with Gasteiger partial charge in [0, 0.05) is 36.0 Å². The quantitative estimate of drug-likeness (QED) is 0.190. The summed E-state index contributed by atoms with van der Waals surface area (Å²) in [6.45, 7) is -0.190. The third kappa shape index (κ3) is 5.66. The van der Waals surface area contributed by atoms with Crippen molar-refractivity contribution in [2.45, 2.75) is 13.0 Å². The van der Waals surface area contributed by atoms with Gasteiger partial charge in [0.05, 0.1) is 41.0 Å². The average molecular weight is 610 g/mol. The van der Waals surface area contributed by atoms with Gasteiger partial charge in [-0.25, -0.2) is 27.9 Å². The highest BCUT2D eigenvalue weighted by molar-refractivity contribution is 5.93. The first-order chi connectivity index (χ1) is 21.7. The third-order valence-electron chi connectivity index (χ3n) is 7.16. The van der Waals surface area contributed by atoms with E-state index in [0.717, 1.165) is 18.2 Å². The SMILES string of the molecule is COc1c[nH]cc1-n1c(Cc2cc(F)c(-c3cccc(OCc4ccc(C#N)cc4F)n3)cc2F)nc2ccc(C(=O)O)cc21. The molecule has 45 heavy (non-hydrogen) atoms. The molecule has 0 fully saturated rings. The van der Waals surface area contributed by atoms with Gasteiger partial charge in [-0.05, 0) is 54.1 Å². The molecule has 12 heteroatoms. The van der Waals surface area contributed by atoms with Crippen LogP contribution in [0.25, 0.3) is 28.0 Å². The molecule has 0 bridgehead atoms. The number of carboxylic acid groups (broad SMARTS) is 1. The lowest BCUT2D eigenvalue weighted by atomic mass is 10.0. The molecule has 0 unspecified atom stereocenters. The first kappa shape index (κ1) is 29.0. The van der Waals surface area contributed by atoms with Crippen LogP contribution in [0.15, 0.2) is 79.1 Å². The van der Waals surface area contributed by atoms with E-state index >= 15 is 8.78 Å². The number of carboxylic acids is 1. The molecule has 0 saturated heterocycles. The van der Waals surface area contributed by atoms with E-state index in [1.807, 2.05) is 6.07 Å². The number of hydrogen-bond acceptors (Lipinski definition) is 6. The summed E-state index contributed by atoms with van der Waals surface area (Å²) in [6.07, 6.45) is 3.10. The molecule has 0 aliphatic rings. The van der Waals surface area contributed by atoms with Gasteiger partial charge in [-0.3, -0.25) is 4.57 Å². The number of rotatable bonds is 9. The molecule has 3 heterocycles. The number of H-pyrrole nitrogens is 1. The summed E-state index contributed by atoms with van der Waals surface area (Å²) in [6, 6.07) is 16.9. The van der Waals surface area contributed by atoms with Crippen molar-refractivity contribution in [3.63, 3.8) is 0 Å². The number of fused-ring (bicyclic) bond motifs is 1. The number of carbonyl (C=O) groups is 1. The number of ether oxygens (including phenoxy) is 2. The molecular formula is C33H22F3N5O4. The number of nitrogens with one attached hydrogen (secondary N) is 1. The number of nitriles is 1. The highest BCUT2D eigenvalue weighted by Crippen LogP contribution is 2.32. The molecule has 0 aliphatic heterocycles. The van der Waals surface area contributed by atoms with Crippen LogP contribution >= 0.6 is 0 Å². The van der Waals surface area contributed by atoms with Crippen LogP contribution in [0.5, 0.6) is 11.6 Å². The maximum absolute atomic E-state index is 15.6. The Morgan fingerprint density at radius 1 is 0.978 bits per heavy atom. The van der Waals surface area contributed by atoms with E-state index in [1.54, 1.807) is 29.1 Å². The van der Waals surface area contributed by atoms with E-state index in [2.05, 4.69) is 15.0 Å². The second kappa shape index (κ2) is 11.9. The van der Waals surface area contributed by atoms with Crippen molar-refractivity contribution in [3.8, 4) is 34.6 Å². The molecular weight excluding hydrogens is 587 g/mol. The number of hydrogen-bond donors (Lipinski definition) is 2. The molecule has 0 atom stereocenters. The second-order valence-electron chi connectivity index (χ2n) is 9.95. The second-order valence-corrected chi connectivity index (χ2v) is 9.95. The first-order valence-corrected chi connectivity index (χ1v) is 13.5. The van der Waals surface area contributed by atoms with Crippen molar-refractivity contribution in [1.82, 2.24) is 19.5 Å². The van der Waals surface area contributed by atoms with Crippen molar-refractivity contribution in [1.29, 1.82) is 5.26 Å². The fourth-order valence-electron chi connectivity index (χ4n) is 4.95. The number of nitrogens with zero attached hydrogens (tertiary/aromatic N) is 4. The van der Waals surface area contributed by atoms with E-state index < -0.39 is 23.4 Å². The van der Waals surface area contributed by atoms with Gasteiger partial charge >= 0.3 is 5.97 Å². The Morgan fingerprint density at radius 2 is 1.80 bits per heavy atom. The molecule has 6 aromatic rings. The lowest BCUT2D eigenvalue weighted by Gasteiger charge is -2.12. The Morgan fingerprint density at radius 3 is 2.56 bits per heavy atom. The number of pyridine rings is 1. The Balaban J connectivity index is 1.31. The highest BCUT2D eigenvalue weighted by atomic mass is 19.1. The highest BCUT2D eigenvalue weighted by Gasteiger charge is 2.21. The van der Waals surface area contributed by atoms with Gasteiger partial charge in [-0.2, -0.15) is 5.26 Å². The van der Waals surface area contributed by atoms with Crippen LogP contribution in [0.4, 0.5) is 13.2 Å². The molecule has 0 spiro atoms. The molecule has 0 amide bonds. The van der Waals surface area contributed by atoms with E-state index in [9.17, 15) is 14.3 Å². The first-order valence-electron chi connectivity index (χ1n) is 13.5. The minimum atomic E-state index is -1.12. The summed E-state index contributed by atoms with van der Waals surface area (Å²) < 4.78 is 58.0. The molecule has 224 valence electrons. The predicted molar refractivity (Wildman–Crippen MR) is 157 cm³/mol. The summed E-state index contributed by atoms with van der Waals surface area (Å²) in [7, 11) is 1.47. The van der Waals surface area contributed by atoms with Crippen LogP contribution < -0.4 is 9.47 Å². The Labute approximate surface area is 253 Å². The van der Waals surface area contributed by atoms with Crippen molar-refractivity contribution < 1.29 is 32.5 Å². The number of halogens is 3. The molecule has 6 rings (SSSR count). The number of aromatic carboxylic acids is 1. The summed E-state index contributed by atoms with van der Waals surface area (Å²) in [4.78, 5) is 23.5. The molecule has 2 N–H and O–H groups in total. The van der Waals surface area contributed by atoms with E-state index in [1.165, 1.54) is 43.5 Å². The maximum atomic E-state index is 15.6. The van der Waals surface area contributed by atoms with Crippen LogP contribution in [-0.4, -0.2) is 37.7 Å². The molecule has 0 radical (unpaired) electrons. The van der Waals surface area contributed by atoms with Gasteiger partial charge in [0.25, 0.3) is 0 Å². The number of aromatic amines is 1. The number of aromatic nitrogens is 4. The van der Waals surface area contributed by atoms with Crippen molar-refractivity contribution in [2.24, 2.45) is 0 Å². The monoisotopic (exact) mass is 609 g/mol. The predicted octanol–water partition coefficient (Wildman–Crippen LogP) is 6.58. The van der Waals surface area contributed by atoms with Crippen LogP contribution in [0.1, 0.15) is 32.9 Å². The van der Waals surface area contributed by atoms with Gasteiger partial charge in [-0.15, -0.1) is 0 Å². The fourth-order valence-corrected chi connectivity index (χ4v) is 4.95. The summed E-state index contributed by atoms with van der Waals surface area (Å²) in [5.41, 5.74) is 1.81. The summed E-state index contributed by atoms with van der Waals surface area (Å²) in [5, 5.41) is 18.4. The third-order valence-corrected chi connectivity index (χ3v) is 7.16. The minimum absolute atomic E-state index is 0.00413. The lowest BCUT2D eigenvalue weighted by Crippen LogP contribution is -2.06. The zero-order chi connectivity index (χ0) is 31.7. The lowest BCUT2D eigenvalue weighted by molar-refractivity contribution is 0.0697. The Bertz CT molecular complexity index is 2130. The van der Waals surface area contributed by atoms with Crippen LogP contribution in [-0.2, 0) is 13.0 Å². The maximum Gasteiger partial charge on any atom is 0.335 e. The van der Waals surface area contributed by atoms with E-state index in [-0.39, 0.29) is 52.4 Å². The van der Waals surface area contributed by atoms with Crippen LogP contribution in [0.3, 0.4) is 0 Å². The van der Waals surface area contributed by atoms with E-state index in [0.29, 0.717) is 28.3 Å². The van der Waals surface area contributed by atoms with Gasteiger partial charge in [-0.1, -0.05) is 12.1 Å². The zero-order valence-electron chi connectivity index (χ0n) is 23.5. The van der Waals surface area contributed by atoms with Crippen LogP contribution in [0, 0.1) is 28.8 Å².